The Balaban J connectivity index is 1.36. The van der Waals surface area contributed by atoms with Crippen LogP contribution in [0.25, 0.3) is 0 Å². The van der Waals surface area contributed by atoms with E-state index in [0.717, 1.165) is 6.42 Å². The van der Waals surface area contributed by atoms with Crippen LogP contribution in [0, 0.1) is 5.92 Å². The zero-order valence-corrected chi connectivity index (χ0v) is 16.1. The van der Waals surface area contributed by atoms with Crippen molar-refractivity contribution in [1.29, 1.82) is 0 Å². The summed E-state index contributed by atoms with van der Waals surface area (Å²) in [5, 5.41) is 13.5. The highest BCUT2D eigenvalue weighted by atomic mass is 16.2. The van der Waals surface area contributed by atoms with Crippen molar-refractivity contribution in [3.05, 3.63) is 42.7 Å². The van der Waals surface area contributed by atoms with E-state index in [1.54, 1.807) is 36.1 Å². The zero-order chi connectivity index (χ0) is 19.5. The Labute approximate surface area is 164 Å². The topological polar surface area (TPSA) is 88.0 Å². The summed E-state index contributed by atoms with van der Waals surface area (Å²) in [6, 6.07) is 8.98. The van der Waals surface area contributed by atoms with Gasteiger partial charge in [-0.2, -0.15) is 5.10 Å². The minimum atomic E-state index is -0.417. The molecule has 7 heteroatoms. The first-order valence-corrected chi connectivity index (χ1v) is 10.1. The first-order valence-electron chi connectivity index (χ1n) is 10.1. The number of nitrogens with zero attached hydrogens (tertiary/aromatic N) is 2. The van der Waals surface area contributed by atoms with Gasteiger partial charge in [0.05, 0.1) is 6.04 Å². The lowest BCUT2D eigenvalue weighted by Crippen LogP contribution is -2.39. The summed E-state index contributed by atoms with van der Waals surface area (Å²) in [5.41, 5.74) is 1.33. The maximum absolute atomic E-state index is 12.7. The number of rotatable bonds is 5. The summed E-state index contributed by atoms with van der Waals surface area (Å²) >= 11 is 0. The van der Waals surface area contributed by atoms with Crippen LogP contribution >= 0.6 is 0 Å². The van der Waals surface area contributed by atoms with Crippen molar-refractivity contribution >= 4 is 23.2 Å². The highest BCUT2D eigenvalue weighted by Crippen LogP contribution is 2.33. The SMILES string of the molecule is CC(C(=O)Nc1cccc(NC(=O)C2CC3CCCCC3N2)c1)n1cccn1. The first kappa shape index (κ1) is 18.7. The van der Waals surface area contributed by atoms with Gasteiger partial charge in [-0.3, -0.25) is 14.3 Å². The van der Waals surface area contributed by atoms with Gasteiger partial charge in [0, 0.05) is 29.8 Å². The molecule has 1 aliphatic carbocycles. The van der Waals surface area contributed by atoms with Gasteiger partial charge in [0.15, 0.2) is 0 Å². The average molecular weight is 381 g/mol. The molecule has 7 nitrogen and oxygen atoms in total. The van der Waals surface area contributed by atoms with Crippen LogP contribution in [-0.2, 0) is 9.59 Å². The van der Waals surface area contributed by atoms with E-state index in [-0.39, 0.29) is 17.9 Å². The van der Waals surface area contributed by atoms with Crippen LogP contribution in [0.4, 0.5) is 11.4 Å². The predicted molar refractivity (Wildman–Crippen MR) is 108 cm³/mol. The van der Waals surface area contributed by atoms with E-state index in [9.17, 15) is 9.59 Å². The monoisotopic (exact) mass is 381 g/mol. The maximum Gasteiger partial charge on any atom is 0.248 e. The molecule has 1 aliphatic heterocycles. The Hall–Kier alpha value is -2.67. The standard InChI is InChI=1S/C21H27N5O2/c1-14(26-11-5-10-22-26)20(27)23-16-7-4-8-17(13-16)24-21(28)19-12-15-6-2-3-9-18(15)25-19/h4-5,7-8,10-11,13-15,18-19,25H,2-3,6,9,12H2,1H3,(H,23,27)(H,24,28). The molecule has 2 aromatic rings. The Bertz CT molecular complexity index is 821. The lowest BCUT2D eigenvalue weighted by atomic mass is 9.85. The molecular formula is C21H27N5O2. The lowest BCUT2D eigenvalue weighted by Gasteiger charge is -2.24. The highest BCUT2D eigenvalue weighted by Gasteiger charge is 2.38. The van der Waals surface area contributed by atoms with Gasteiger partial charge in [0.1, 0.15) is 6.04 Å². The fourth-order valence-electron chi connectivity index (χ4n) is 4.30. The van der Waals surface area contributed by atoms with Crippen LogP contribution in [-0.4, -0.2) is 33.7 Å². The van der Waals surface area contributed by atoms with Gasteiger partial charge in [0.2, 0.25) is 11.8 Å². The molecule has 4 atom stereocenters. The molecule has 4 unspecified atom stereocenters. The van der Waals surface area contributed by atoms with E-state index in [1.807, 2.05) is 18.2 Å². The molecule has 1 saturated heterocycles. The zero-order valence-electron chi connectivity index (χ0n) is 16.1. The van der Waals surface area contributed by atoms with E-state index in [2.05, 4.69) is 21.0 Å². The molecule has 2 aliphatic rings. The van der Waals surface area contributed by atoms with Gasteiger partial charge in [0.25, 0.3) is 0 Å². The molecule has 2 fully saturated rings. The number of anilines is 2. The van der Waals surface area contributed by atoms with Crippen molar-refractivity contribution in [1.82, 2.24) is 15.1 Å². The normalized spacial score (nSPS) is 25.0. The van der Waals surface area contributed by atoms with Gasteiger partial charge < -0.3 is 16.0 Å². The van der Waals surface area contributed by atoms with Crippen LogP contribution < -0.4 is 16.0 Å². The fourth-order valence-corrected chi connectivity index (χ4v) is 4.30. The molecule has 1 aromatic carbocycles. The van der Waals surface area contributed by atoms with Gasteiger partial charge in [-0.05, 0) is 56.4 Å². The molecule has 2 amide bonds. The molecule has 2 heterocycles. The van der Waals surface area contributed by atoms with E-state index >= 15 is 0 Å². The van der Waals surface area contributed by atoms with E-state index < -0.39 is 6.04 Å². The highest BCUT2D eigenvalue weighted by molar-refractivity contribution is 5.97. The van der Waals surface area contributed by atoms with E-state index in [0.29, 0.717) is 23.3 Å². The van der Waals surface area contributed by atoms with Gasteiger partial charge >= 0.3 is 0 Å². The number of hydrogen-bond acceptors (Lipinski definition) is 4. The fraction of sp³-hybridized carbons (Fsp3) is 0.476. The minimum absolute atomic E-state index is 0.00258. The molecule has 148 valence electrons. The maximum atomic E-state index is 12.7. The van der Waals surface area contributed by atoms with Crippen molar-refractivity contribution in [2.75, 3.05) is 10.6 Å². The van der Waals surface area contributed by atoms with Crippen molar-refractivity contribution in [3.8, 4) is 0 Å². The number of carbonyl (C=O) groups is 2. The molecule has 4 rings (SSSR count). The van der Waals surface area contributed by atoms with Gasteiger partial charge in [-0.15, -0.1) is 0 Å². The van der Waals surface area contributed by atoms with Gasteiger partial charge in [-0.1, -0.05) is 18.9 Å². The summed E-state index contributed by atoms with van der Waals surface area (Å²) < 4.78 is 1.60. The third-order valence-electron chi connectivity index (χ3n) is 5.88. The Kier molecular flexibility index (Phi) is 5.43. The minimum Gasteiger partial charge on any atom is -0.325 e. The molecule has 0 bridgehead atoms. The van der Waals surface area contributed by atoms with Gasteiger partial charge in [-0.25, -0.2) is 0 Å². The number of aromatic nitrogens is 2. The number of carbonyl (C=O) groups excluding carboxylic acids is 2. The summed E-state index contributed by atoms with van der Waals surface area (Å²) in [6.07, 6.45) is 9.23. The van der Waals surface area contributed by atoms with Crippen molar-refractivity contribution in [3.63, 3.8) is 0 Å². The average Bonchev–Trinajstić information content (AvgIpc) is 3.37. The largest absolute Gasteiger partial charge is 0.325 e. The number of nitrogens with one attached hydrogen (secondary N) is 3. The summed E-state index contributed by atoms with van der Waals surface area (Å²) in [6.45, 7) is 1.79. The Morgan fingerprint density at radius 2 is 1.96 bits per heavy atom. The van der Waals surface area contributed by atoms with Crippen LogP contribution in [0.5, 0.6) is 0 Å². The predicted octanol–water partition coefficient (Wildman–Crippen LogP) is 2.94. The number of amides is 2. The molecule has 0 radical (unpaired) electrons. The quantitative estimate of drug-likeness (QED) is 0.743. The molecule has 3 N–H and O–H groups in total. The van der Waals surface area contributed by atoms with E-state index in [1.165, 1.54) is 25.7 Å². The summed E-state index contributed by atoms with van der Waals surface area (Å²) in [5.74, 6) is 0.468. The Morgan fingerprint density at radius 1 is 1.18 bits per heavy atom. The van der Waals surface area contributed by atoms with Crippen LogP contribution in [0.15, 0.2) is 42.7 Å². The third kappa shape index (κ3) is 4.09. The third-order valence-corrected chi connectivity index (χ3v) is 5.88. The second kappa shape index (κ2) is 8.14. The summed E-state index contributed by atoms with van der Waals surface area (Å²) in [4.78, 5) is 25.1. The molecule has 0 spiro atoms. The molecule has 1 saturated carbocycles. The van der Waals surface area contributed by atoms with Crippen molar-refractivity contribution in [2.45, 2.75) is 57.2 Å². The number of benzene rings is 1. The second-order valence-electron chi connectivity index (χ2n) is 7.83. The van der Waals surface area contributed by atoms with E-state index in [4.69, 9.17) is 0 Å². The van der Waals surface area contributed by atoms with Crippen molar-refractivity contribution in [2.24, 2.45) is 5.92 Å². The number of fused-ring (bicyclic) bond motifs is 1. The lowest BCUT2D eigenvalue weighted by molar-refractivity contribution is -0.119. The summed E-state index contributed by atoms with van der Waals surface area (Å²) in [7, 11) is 0. The van der Waals surface area contributed by atoms with Crippen LogP contribution in [0.3, 0.4) is 0 Å². The smallest absolute Gasteiger partial charge is 0.248 e. The number of hydrogen-bond donors (Lipinski definition) is 3. The molecule has 1 aromatic heterocycles. The van der Waals surface area contributed by atoms with Crippen LogP contribution in [0.1, 0.15) is 45.1 Å². The second-order valence-corrected chi connectivity index (χ2v) is 7.83. The first-order chi connectivity index (χ1) is 13.6. The van der Waals surface area contributed by atoms with Crippen LogP contribution in [0.2, 0.25) is 0 Å². The Morgan fingerprint density at radius 3 is 2.71 bits per heavy atom. The molecular weight excluding hydrogens is 354 g/mol. The van der Waals surface area contributed by atoms with Crippen molar-refractivity contribution < 1.29 is 9.59 Å². The molecule has 28 heavy (non-hydrogen) atoms.